The van der Waals surface area contributed by atoms with Crippen molar-refractivity contribution in [1.29, 1.82) is 0 Å². The highest BCUT2D eigenvalue weighted by atomic mass is 16.3. The maximum atomic E-state index is 9.42. The number of rotatable bonds is 6. The molecule has 3 rings (SSSR count). The molecule has 2 fully saturated rings. The number of hydrogen-bond acceptors (Lipinski definition) is 5. The number of nitrogens with zero attached hydrogens (tertiary/aromatic N) is 2. The lowest BCUT2D eigenvalue weighted by molar-refractivity contribution is 0.222. The topological polar surface area (TPSA) is 70.1 Å². The molecule has 1 aromatic rings. The SMILES string of the molecule is CCNc1cc(NC2CCCC2CO)nc(C2CC2)n1. The molecule has 0 amide bonds. The van der Waals surface area contributed by atoms with E-state index in [1.165, 1.54) is 19.3 Å². The van der Waals surface area contributed by atoms with E-state index in [1.54, 1.807) is 0 Å². The molecule has 0 spiro atoms. The molecular formula is C15H24N4O. The van der Waals surface area contributed by atoms with E-state index in [0.29, 0.717) is 17.9 Å². The number of aliphatic hydroxyl groups excluding tert-OH is 1. The number of nitrogens with one attached hydrogen (secondary N) is 2. The molecule has 3 N–H and O–H groups in total. The Bertz CT molecular complexity index is 461. The van der Waals surface area contributed by atoms with Crippen LogP contribution in [0.2, 0.25) is 0 Å². The lowest BCUT2D eigenvalue weighted by Gasteiger charge is -2.20. The van der Waals surface area contributed by atoms with Crippen LogP contribution in [0.3, 0.4) is 0 Å². The van der Waals surface area contributed by atoms with Crippen molar-refractivity contribution in [2.75, 3.05) is 23.8 Å². The number of aliphatic hydroxyl groups is 1. The summed E-state index contributed by atoms with van der Waals surface area (Å²) in [7, 11) is 0. The van der Waals surface area contributed by atoms with E-state index in [9.17, 15) is 5.11 Å². The summed E-state index contributed by atoms with van der Waals surface area (Å²) in [4.78, 5) is 9.25. The van der Waals surface area contributed by atoms with Gasteiger partial charge in [-0.2, -0.15) is 0 Å². The molecule has 2 atom stereocenters. The molecule has 0 radical (unpaired) electrons. The zero-order valence-corrected chi connectivity index (χ0v) is 12.1. The molecule has 1 aromatic heterocycles. The van der Waals surface area contributed by atoms with Crippen molar-refractivity contribution in [3.8, 4) is 0 Å². The predicted octanol–water partition coefficient (Wildman–Crippen LogP) is 2.36. The van der Waals surface area contributed by atoms with Crippen molar-refractivity contribution in [2.45, 2.75) is 51.0 Å². The van der Waals surface area contributed by atoms with Gasteiger partial charge in [-0.1, -0.05) is 6.42 Å². The van der Waals surface area contributed by atoms with Gasteiger partial charge in [0.2, 0.25) is 0 Å². The monoisotopic (exact) mass is 276 g/mol. The fourth-order valence-corrected chi connectivity index (χ4v) is 2.97. The van der Waals surface area contributed by atoms with Crippen molar-refractivity contribution in [2.24, 2.45) is 5.92 Å². The third-order valence-electron chi connectivity index (χ3n) is 4.27. The van der Waals surface area contributed by atoms with E-state index >= 15 is 0 Å². The third-order valence-corrected chi connectivity index (χ3v) is 4.27. The Balaban J connectivity index is 1.77. The number of hydrogen-bond donors (Lipinski definition) is 3. The molecule has 5 nitrogen and oxygen atoms in total. The van der Waals surface area contributed by atoms with Crippen LogP contribution in [0.15, 0.2) is 6.07 Å². The van der Waals surface area contributed by atoms with Crippen LogP contribution in [0, 0.1) is 5.92 Å². The molecule has 0 aromatic carbocycles. The van der Waals surface area contributed by atoms with Crippen molar-refractivity contribution in [3.05, 3.63) is 11.9 Å². The fraction of sp³-hybridized carbons (Fsp3) is 0.733. The van der Waals surface area contributed by atoms with Crippen LogP contribution in [0.5, 0.6) is 0 Å². The van der Waals surface area contributed by atoms with Gasteiger partial charge in [-0.15, -0.1) is 0 Å². The molecule has 1 heterocycles. The highest BCUT2D eigenvalue weighted by molar-refractivity contribution is 5.49. The summed E-state index contributed by atoms with van der Waals surface area (Å²) in [5.41, 5.74) is 0. The fourth-order valence-electron chi connectivity index (χ4n) is 2.97. The molecule has 20 heavy (non-hydrogen) atoms. The smallest absolute Gasteiger partial charge is 0.136 e. The molecule has 0 bridgehead atoms. The minimum Gasteiger partial charge on any atom is -0.396 e. The second-order valence-electron chi connectivity index (χ2n) is 5.93. The van der Waals surface area contributed by atoms with Crippen LogP contribution in [0.4, 0.5) is 11.6 Å². The Morgan fingerprint density at radius 2 is 2.00 bits per heavy atom. The second kappa shape index (κ2) is 5.95. The minimum absolute atomic E-state index is 0.262. The average Bonchev–Trinajstić information content (AvgIpc) is 3.20. The predicted molar refractivity (Wildman–Crippen MR) is 80.0 cm³/mol. The van der Waals surface area contributed by atoms with E-state index in [-0.39, 0.29) is 6.61 Å². The summed E-state index contributed by atoms with van der Waals surface area (Å²) in [6.07, 6.45) is 5.82. The number of anilines is 2. The first-order chi connectivity index (χ1) is 9.80. The molecule has 0 aliphatic heterocycles. The van der Waals surface area contributed by atoms with Gasteiger partial charge in [0.25, 0.3) is 0 Å². The van der Waals surface area contributed by atoms with Crippen LogP contribution in [-0.2, 0) is 0 Å². The summed E-state index contributed by atoms with van der Waals surface area (Å²) < 4.78 is 0. The first-order valence-corrected chi connectivity index (χ1v) is 7.80. The summed E-state index contributed by atoms with van der Waals surface area (Å²) >= 11 is 0. The average molecular weight is 276 g/mol. The molecule has 2 saturated carbocycles. The first kappa shape index (κ1) is 13.6. The molecule has 5 heteroatoms. The van der Waals surface area contributed by atoms with Crippen molar-refractivity contribution in [3.63, 3.8) is 0 Å². The van der Waals surface area contributed by atoms with Crippen LogP contribution in [-0.4, -0.2) is 34.3 Å². The molecule has 2 unspecified atom stereocenters. The van der Waals surface area contributed by atoms with Gasteiger partial charge in [-0.3, -0.25) is 0 Å². The summed E-state index contributed by atoms with van der Waals surface area (Å²) in [6.45, 7) is 3.20. The maximum Gasteiger partial charge on any atom is 0.136 e. The third kappa shape index (κ3) is 3.03. The van der Waals surface area contributed by atoms with Gasteiger partial charge in [0.15, 0.2) is 0 Å². The van der Waals surface area contributed by atoms with Gasteiger partial charge in [0.05, 0.1) is 0 Å². The van der Waals surface area contributed by atoms with Crippen LogP contribution < -0.4 is 10.6 Å². The van der Waals surface area contributed by atoms with Crippen molar-refractivity contribution >= 4 is 11.6 Å². The Kier molecular flexibility index (Phi) is 4.05. The molecular weight excluding hydrogens is 252 g/mol. The van der Waals surface area contributed by atoms with Crippen LogP contribution in [0.1, 0.15) is 50.8 Å². The molecule has 110 valence electrons. The zero-order chi connectivity index (χ0) is 13.9. The van der Waals surface area contributed by atoms with E-state index in [1.807, 2.05) is 6.07 Å². The lowest BCUT2D eigenvalue weighted by Crippen LogP contribution is -2.27. The van der Waals surface area contributed by atoms with E-state index < -0.39 is 0 Å². The van der Waals surface area contributed by atoms with Gasteiger partial charge in [0, 0.05) is 37.1 Å². The van der Waals surface area contributed by atoms with E-state index in [0.717, 1.165) is 36.8 Å². The van der Waals surface area contributed by atoms with E-state index in [4.69, 9.17) is 0 Å². The van der Waals surface area contributed by atoms with Crippen LogP contribution >= 0.6 is 0 Å². The highest BCUT2D eigenvalue weighted by Crippen LogP contribution is 2.39. The Morgan fingerprint density at radius 3 is 2.70 bits per heavy atom. The summed E-state index contributed by atoms with van der Waals surface area (Å²) in [6, 6.07) is 2.33. The van der Waals surface area contributed by atoms with Gasteiger partial charge < -0.3 is 15.7 Å². The normalized spacial score (nSPS) is 25.7. The standard InChI is InChI=1S/C15H24N4O/c1-2-16-13-8-14(19-15(18-13)10-6-7-10)17-12-5-3-4-11(12)9-20/h8,10-12,20H,2-7,9H2,1H3,(H2,16,17,18,19). The van der Waals surface area contributed by atoms with E-state index in [2.05, 4.69) is 27.5 Å². The highest BCUT2D eigenvalue weighted by Gasteiger charge is 2.29. The first-order valence-electron chi connectivity index (χ1n) is 7.80. The minimum atomic E-state index is 0.262. The van der Waals surface area contributed by atoms with Gasteiger partial charge in [-0.25, -0.2) is 9.97 Å². The van der Waals surface area contributed by atoms with Crippen molar-refractivity contribution < 1.29 is 5.11 Å². The van der Waals surface area contributed by atoms with Crippen molar-refractivity contribution in [1.82, 2.24) is 9.97 Å². The lowest BCUT2D eigenvalue weighted by atomic mass is 10.1. The molecule has 0 saturated heterocycles. The van der Waals surface area contributed by atoms with Crippen LogP contribution in [0.25, 0.3) is 0 Å². The molecule has 2 aliphatic carbocycles. The van der Waals surface area contributed by atoms with Gasteiger partial charge in [0.1, 0.15) is 17.5 Å². The van der Waals surface area contributed by atoms with Gasteiger partial charge >= 0.3 is 0 Å². The summed E-state index contributed by atoms with van der Waals surface area (Å²) in [5, 5.41) is 16.2. The Morgan fingerprint density at radius 1 is 1.20 bits per heavy atom. The number of aromatic nitrogens is 2. The van der Waals surface area contributed by atoms with Gasteiger partial charge in [-0.05, 0) is 32.6 Å². The molecule has 2 aliphatic rings. The Labute approximate surface area is 120 Å². The maximum absolute atomic E-state index is 9.42. The quantitative estimate of drug-likeness (QED) is 0.744. The zero-order valence-electron chi connectivity index (χ0n) is 12.1. The largest absolute Gasteiger partial charge is 0.396 e. The summed E-state index contributed by atoms with van der Waals surface area (Å²) in [5.74, 6) is 3.68. The second-order valence-corrected chi connectivity index (χ2v) is 5.93. The Hall–Kier alpha value is -1.36.